The third kappa shape index (κ3) is 4.89. The number of aromatic nitrogens is 2. The number of piperazine rings is 1. The van der Waals surface area contributed by atoms with Crippen molar-refractivity contribution in [2.45, 2.75) is 13.5 Å². The van der Waals surface area contributed by atoms with E-state index in [-0.39, 0.29) is 17.3 Å². The molecule has 0 unspecified atom stereocenters. The van der Waals surface area contributed by atoms with E-state index in [4.69, 9.17) is 17.2 Å². The Bertz CT molecular complexity index is 1710. The Balaban J connectivity index is 1.36. The first-order valence-corrected chi connectivity index (χ1v) is 14.2. The Morgan fingerprint density at radius 3 is 2.40 bits per heavy atom. The lowest BCUT2D eigenvalue weighted by atomic mass is 10.2. The number of pyridine rings is 1. The number of rotatable bonds is 5. The van der Waals surface area contributed by atoms with Crippen molar-refractivity contribution in [2.75, 3.05) is 36.0 Å². The minimum atomic E-state index is -0.258. The summed E-state index contributed by atoms with van der Waals surface area (Å²) in [6, 6.07) is 20.1. The topological polar surface area (TPSA) is 61.2 Å². The number of carbonyl (C=O) groups excluding carboxylic acids is 1. The van der Waals surface area contributed by atoms with Gasteiger partial charge in [-0.05, 0) is 42.3 Å². The number of thioether (sulfide) groups is 1. The molecule has 2 saturated heterocycles. The summed E-state index contributed by atoms with van der Waals surface area (Å²) in [5, 5.41) is 0. The first-order valence-electron chi connectivity index (χ1n) is 13.0. The zero-order valence-electron chi connectivity index (χ0n) is 21.8. The van der Waals surface area contributed by atoms with E-state index in [9.17, 15) is 14.0 Å². The van der Waals surface area contributed by atoms with Crippen LogP contribution in [0.1, 0.15) is 16.7 Å². The SMILES string of the molecule is Cc1cccn2c(=O)c(C=C3SC(=S)N(Cc4ccccc4)C3=O)c(N3CCN(c4ccccc4F)CC3)nc12. The number of amides is 1. The molecule has 2 aliphatic rings. The third-order valence-electron chi connectivity index (χ3n) is 7.17. The molecule has 0 spiro atoms. The molecule has 7 nitrogen and oxygen atoms in total. The molecule has 2 aliphatic heterocycles. The maximum atomic E-state index is 14.4. The summed E-state index contributed by atoms with van der Waals surface area (Å²) in [7, 11) is 0. The summed E-state index contributed by atoms with van der Waals surface area (Å²) in [6.45, 7) is 4.48. The molecule has 40 heavy (non-hydrogen) atoms. The van der Waals surface area contributed by atoms with Crippen LogP contribution in [0.2, 0.25) is 0 Å². The Hall–Kier alpha value is -4.02. The van der Waals surface area contributed by atoms with Gasteiger partial charge in [0.25, 0.3) is 11.5 Å². The van der Waals surface area contributed by atoms with Gasteiger partial charge >= 0.3 is 0 Å². The van der Waals surface area contributed by atoms with E-state index in [1.54, 1.807) is 35.4 Å². The largest absolute Gasteiger partial charge is 0.366 e. The van der Waals surface area contributed by atoms with Crippen LogP contribution >= 0.6 is 24.0 Å². The van der Waals surface area contributed by atoms with Gasteiger partial charge in [-0.3, -0.25) is 18.9 Å². The summed E-state index contributed by atoms with van der Waals surface area (Å²) in [4.78, 5) is 38.2. The van der Waals surface area contributed by atoms with Crippen LogP contribution in [0, 0.1) is 12.7 Å². The monoisotopic (exact) mass is 571 g/mol. The second kappa shape index (κ2) is 10.9. The highest BCUT2D eigenvalue weighted by Gasteiger charge is 2.33. The molecule has 0 radical (unpaired) electrons. The van der Waals surface area contributed by atoms with Crippen LogP contribution in [0.5, 0.6) is 0 Å². The van der Waals surface area contributed by atoms with Crippen molar-refractivity contribution in [3.8, 4) is 0 Å². The Morgan fingerprint density at radius 2 is 1.65 bits per heavy atom. The van der Waals surface area contributed by atoms with Gasteiger partial charge in [0.1, 0.15) is 21.6 Å². The number of anilines is 2. The van der Waals surface area contributed by atoms with Crippen molar-refractivity contribution in [2.24, 2.45) is 0 Å². The predicted molar refractivity (Wildman–Crippen MR) is 162 cm³/mol. The molecule has 2 fully saturated rings. The molecule has 6 rings (SSSR count). The number of para-hydroxylation sites is 1. The van der Waals surface area contributed by atoms with Gasteiger partial charge in [0.2, 0.25) is 0 Å². The van der Waals surface area contributed by atoms with Gasteiger partial charge in [-0.15, -0.1) is 0 Å². The normalized spacial score (nSPS) is 16.9. The molecule has 0 bridgehead atoms. The van der Waals surface area contributed by atoms with Crippen LogP contribution in [-0.2, 0) is 11.3 Å². The standard InChI is InChI=1S/C30H26FN5O2S2/c1-20-8-7-13-35-26(20)32-27(34-16-14-33(15-17-34)24-12-6-5-11-23(24)31)22(28(35)37)18-25-29(38)36(30(39)40-25)19-21-9-3-2-4-10-21/h2-13,18H,14-17,19H2,1H3. The van der Waals surface area contributed by atoms with Gasteiger partial charge in [-0.1, -0.05) is 72.5 Å². The van der Waals surface area contributed by atoms with Crippen molar-refractivity contribution < 1.29 is 9.18 Å². The van der Waals surface area contributed by atoms with Crippen molar-refractivity contribution in [3.63, 3.8) is 0 Å². The number of hydrogen-bond acceptors (Lipinski definition) is 7. The lowest BCUT2D eigenvalue weighted by Crippen LogP contribution is -2.47. The van der Waals surface area contributed by atoms with E-state index in [0.29, 0.717) is 64.7 Å². The molecule has 4 aromatic rings. The van der Waals surface area contributed by atoms with Gasteiger partial charge in [0.05, 0.1) is 22.7 Å². The van der Waals surface area contributed by atoms with Crippen molar-refractivity contribution in [3.05, 3.63) is 111 Å². The van der Waals surface area contributed by atoms with Gasteiger partial charge in [-0.25, -0.2) is 9.37 Å². The summed E-state index contributed by atoms with van der Waals surface area (Å²) in [5.41, 5.74) is 3.04. The molecule has 10 heteroatoms. The van der Waals surface area contributed by atoms with Gasteiger partial charge < -0.3 is 9.80 Å². The number of halogens is 1. The van der Waals surface area contributed by atoms with Gasteiger partial charge in [0, 0.05) is 32.4 Å². The number of carbonyl (C=O) groups is 1. The minimum absolute atomic E-state index is 0.233. The first-order chi connectivity index (χ1) is 19.4. The van der Waals surface area contributed by atoms with Crippen LogP contribution in [-0.4, -0.2) is 50.7 Å². The van der Waals surface area contributed by atoms with E-state index in [1.807, 2.05) is 59.2 Å². The highest BCUT2D eigenvalue weighted by Crippen LogP contribution is 2.35. The third-order valence-corrected chi connectivity index (χ3v) is 8.55. The predicted octanol–water partition coefficient (Wildman–Crippen LogP) is 4.87. The Kier molecular flexibility index (Phi) is 7.12. The number of hydrogen-bond donors (Lipinski definition) is 0. The molecule has 1 amide bonds. The fraction of sp³-hybridized carbons (Fsp3) is 0.200. The zero-order chi connectivity index (χ0) is 27.8. The number of nitrogens with zero attached hydrogens (tertiary/aromatic N) is 5. The second-order valence-electron chi connectivity index (χ2n) is 9.72. The van der Waals surface area contributed by atoms with Crippen molar-refractivity contribution in [1.82, 2.24) is 14.3 Å². The minimum Gasteiger partial charge on any atom is -0.366 e. The molecule has 0 saturated carbocycles. The lowest BCUT2D eigenvalue weighted by Gasteiger charge is -2.37. The lowest BCUT2D eigenvalue weighted by molar-refractivity contribution is -0.122. The molecule has 0 atom stereocenters. The molecule has 0 N–H and O–H groups in total. The average molecular weight is 572 g/mol. The van der Waals surface area contributed by atoms with Crippen LogP contribution < -0.4 is 15.4 Å². The molecular formula is C30H26FN5O2S2. The van der Waals surface area contributed by atoms with Crippen LogP contribution in [0.3, 0.4) is 0 Å². The average Bonchev–Trinajstić information content (AvgIpc) is 3.23. The van der Waals surface area contributed by atoms with E-state index in [1.165, 1.54) is 22.2 Å². The molecular weight excluding hydrogens is 545 g/mol. The summed E-state index contributed by atoms with van der Waals surface area (Å²) >= 11 is 6.74. The number of benzene rings is 2. The summed E-state index contributed by atoms with van der Waals surface area (Å²) < 4.78 is 16.4. The van der Waals surface area contributed by atoms with Crippen LogP contribution in [0.4, 0.5) is 15.9 Å². The highest BCUT2D eigenvalue weighted by atomic mass is 32.2. The number of aryl methyl sites for hydroxylation is 1. The quantitative estimate of drug-likeness (QED) is 0.250. The molecule has 2 aromatic heterocycles. The van der Waals surface area contributed by atoms with E-state index in [0.717, 1.165) is 11.1 Å². The smallest absolute Gasteiger partial charge is 0.267 e. The molecule has 0 aliphatic carbocycles. The fourth-order valence-corrected chi connectivity index (χ4v) is 6.31. The van der Waals surface area contributed by atoms with Crippen molar-refractivity contribution >= 4 is 57.4 Å². The Morgan fingerprint density at radius 1 is 0.950 bits per heavy atom. The first kappa shape index (κ1) is 26.2. The fourth-order valence-electron chi connectivity index (χ4n) is 5.07. The Labute approximate surface area is 240 Å². The van der Waals surface area contributed by atoms with E-state index < -0.39 is 0 Å². The molecule has 4 heterocycles. The van der Waals surface area contributed by atoms with Gasteiger partial charge in [-0.2, -0.15) is 0 Å². The summed E-state index contributed by atoms with van der Waals surface area (Å²) in [5.74, 6) is 0.0237. The maximum Gasteiger partial charge on any atom is 0.267 e. The molecule has 2 aromatic carbocycles. The highest BCUT2D eigenvalue weighted by molar-refractivity contribution is 8.26. The van der Waals surface area contributed by atoms with Gasteiger partial charge in [0.15, 0.2) is 0 Å². The van der Waals surface area contributed by atoms with E-state index >= 15 is 0 Å². The molecule has 202 valence electrons. The summed E-state index contributed by atoms with van der Waals surface area (Å²) in [6.07, 6.45) is 3.32. The van der Waals surface area contributed by atoms with Crippen LogP contribution in [0.15, 0.2) is 82.6 Å². The zero-order valence-corrected chi connectivity index (χ0v) is 23.4. The van der Waals surface area contributed by atoms with E-state index in [2.05, 4.69) is 0 Å². The number of thiocarbonyl (C=S) groups is 1. The van der Waals surface area contributed by atoms with Crippen molar-refractivity contribution in [1.29, 1.82) is 0 Å². The maximum absolute atomic E-state index is 14.4. The number of fused-ring (bicyclic) bond motifs is 1. The second-order valence-corrected chi connectivity index (χ2v) is 11.4. The van der Waals surface area contributed by atoms with Crippen LogP contribution in [0.25, 0.3) is 11.7 Å².